The minimum absolute atomic E-state index is 0.0656. The zero-order chi connectivity index (χ0) is 18.6. The fraction of sp³-hybridized carbons (Fsp3) is 0.714. The average Bonchev–Trinajstić information content (AvgIpc) is 2.64. The van der Waals surface area contributed by atoms with Gasteiger partial charge in [-0.05, 0) is 68.9 Å². The highest BCUT2D eigenvalue weighted by atomic mass is 16.3. The predicted molar refractivity (Wildman–Crippen MR) is 104 cm³/mol. The van der Waals surface area contributed by atoms with Crippen LogP contribution in [0, 0.1) is 17.8 Å². The van der Waals surface area contributed by atoms with Gasteiger partial charge in [0.2, 0.25) is 0 Å². The third-order valence-corrected chi connectivity index (χ3v) is 7.30. The normalized spacial score (nSPS) is 40.2. The SMILES string of the molecule is CC1CNCCN1c1cccc(C(=O)NC2C3CC4CC2CC(O)(C4)C3)n1. The average molecular weight is 370 g/mol. The van der Waals surface area contributed by atoms with Crippen LogP contribution < -0.4 is 15.5 Å². The number of amides is 1. The van der Waals surface area contributed by atoms with E-state index in [1.165, 1.54) is 0 Å². The molecule has 146 valence electrons. The van der Waals surface area contributed by atoms with Gasteiger partial charge >= 0.3 is 0 Å². The maximum Gasteiger partial charge on any atom is 0.270 e. The zero-order valence-electron chi connectivity index (χ0n) is 16.0. The van der Waals surface area contributed by atoms with Gasteiger partial charge in [0.15, 0.2) is 0 Å². The van der Waals surface area contributed by atoms with Gasteiger partial charge in [-0.15, -0.1) is 0 Å². The molecule has 2 heterocycles. The largest absolute Gasteiger partial charge is 0.390 e. The van der Waals surface area contributed by atoms with E-state index in [2.05, 4.69) is 27.4 Å². The first-order valence-electron chi connectivity index (χ1n) is 10.5. The van der Waals surface area contributed by atoms with E-state index >= 15 is 0 Å². The summed E-state index contributed by atoms with van der Waals surface area (Å²) in [6, 6.07) is 6.31. The molecule has 4 aliphatic carbocycles. The van der Waals surface area contributed by atoms with E-state index in [1.54, 1.807) is 0 Å². The highest BCUT2D eigenvalue weighted by molar-refractivity contribution is 5.93. The molecule has 3 atom stereocenters. The van der Waals surface area contributed by atoms with Crippen LogP contribution in [0.3, 0.4) is 0 Å². The molecule has 5 fully saturated rings. The van der Waals surface area contributed by atoms with Crippen LogP contribution in [-0.4, -0.2) is 53.3 Å². The Morgan fingerprint density at radius 1 is 1.30 bits per heavy atom. The zero-order valence-corrected chi connectivity index (χ0v) is 16.0. The molecule has 6 heteroatoms. The first-order chi connectivity index (χ1) is 13.0. The Morgan fingerprint density at radius 3 is 2.78 bits per heavy atom. The molecular formula is C21H30N4O2. The Hall–Kier alpha value is -1.66. The fourth-order valence-corrected chi connectivity index (χ4v) is 6.33. The lowest BCUT2D eigenvalue weighted by Gasteiger charge is -2.58. The number of anilines is 1. The Bertz CT molecular complexity index is 723. The van der Waals surface area contributed by atoms with Crippen LogP contribution in [0.15, 0.2) is 18.2 Å². The number of hydrogen-bond donors (Lipinski definition) is 3. The number of aromatic nitrogens is 1. The lowest BCUT2D eigenvalue weighted by Crippen LogP contribution is -2.61. The van der Waals surface area contributed by atoms with E-state index in [4.69, 9.17) is 0 Å². The number of nitrogens with one attached hydrogen (secondary N) is 2. The molecule has 3 unspecified atom stereocenters. The maximum absolute atomic E-state index is 13.0. The van der Waals surface area contributed by atoms with E-state index in [0.29, 0.717) is 29.5 Å². The number of hydrogen-bond acceptors (Lipinski definition) is 5. The van der Waals surface area contributed by atoms with Crippen molar-refractivity contribution < 1.29 is 9.90 Å². The van der Waals surface area contributed by atoms with Crippen molar-refractivity contribution in [2.75, 3.05) is 24.5 Å². The molecule has 6 rings (SSSR count). The molecule has 1 amide bonds. The Morgan fingerprint density at radius 2 is 2.07 bits per heavy atom. The molecule has 5 aliphatic rings. The van der Waals surface area contributed by atoms with Gasteiger partial charge < -0.3 is 20.6 Å². The van der Waals surface area contributed by atoms with Gasteiger partial charge in [-0.25, -0.2) is 4.98 Å². The summed E-state index contributed by atoms with van der Waals surface area (Å²) < 4.78 is 0. The maximum atomic E-state index is 13.0. The van der Waals surface area contributed by atoms with Gasteiger partial charge in [0.25, 0.3) is 5.91 Å². The van der Waals surface area contributed by atoms with Gasteiger partial charge in [0.1, 0.15) is 11.5 Å². The van der Waals surface area contributed by atoms with Crippen molar-refractivity contribution in [2.45, 2.75) is 56.7 Å². The van der Waals surface area contributed by atoms with Crippen LogP contribution in [0.5, 0.6) is 0 Å². The Balaban J connectivity index is 1.31. The van der Waals surface area contributed by atoms with Gasteiger partial charge in [0, 0.05) is 31.7 Å². The quantitative estimate of drug-likeness (QED) is 0.753. The van der Waals surface area contributed by atoms with E-state index in [-0.39, 0.29) is 11.9 Å². The van der Waals surface area contributed by atoms with Crippen LogP contribution in [0.2, 0.25) is 0 Å². The summed E-state index contributed by atoms with van der Waals surface area (Å²) in [7, 11) is 0. The molecule has 0 spiro atoms. The summed E-state index contributed by atoms with van der Waals surface area (Å²) in [5.41, 5.74) is 0.0414. The van der Waals surface area contributed by atoms with E-state index in [9.17, 15) is 9.90 Å². The standard InChI is InChI=1S/C21H30N4O2/c1-13-12-22-5-6-25(13)18-4-2-3-17(23-18)20(26)24-19-15-7-14-8-16(19)11-21(27,9-14)10-15/h2-4,13-16,19,22,27H,5-12H2,1H3,(H,24,26). The molecule has 1 aromatic rings. The van der Waals surface area contributed by atoms with Crippen molar-refractivity contribution in [3.8, 4) is 0 Å². The van der Waals surface area contributed by atoms with Crippen LogP contribution in [0.25, 0.3) is 0 Å². The number of rotatable bonds is 3. The number of carbonyl (C=O) groups excluding carboxylic acids is 1. The number of carbonyl (C=O) groups is 1. The second kappa shape index (κ2) is 6.45. The third-order valence-electron chi connectivity index (χ3n) is 7.30. The first kappa shape index (κ1) is 17.4. The summed E-state index contributed by atoms with van der Waals surface area (Å²) in [5, 5.41) is 17.4. The molecule has 1 saturated heterocycles. The van der Waals surface area contributed by atoms with E-state index in [1.807, 2.05) is 18.2 Å². The molecule has 0 radical (unpaired) electrons. The number of aliphatic hydroxyl groups is 1. The molecule has 0 aromatic carbocycles. The van der Waals surface area contributed by atoms with Crippen LogP contribution in [0.1, 0.15) is 49.5 Å². The Kier molecular flexibility index (Phi) is 4.17. The van der Waals surface area contributed by atoms with Crippen molar-refractivity contribution in [1.29, 1.82) is 0 Å². The Labute approximate surface area is 160 Å². The fourth-order valence-electron chi connectivity index (χ4n) is 6.33. The van der Waals surface area contributed by atoms with Crippen molar-refractivity contribution in [2.24, 2.45) is 17.8 Å². The summed E-state index contributed by atoms with van der Waals surface area (Å²) in [6.07, 6.45) is 4.95. The first-order valence-corrected chi connectivity index (χ1v) is 10.5. The smallest absolute Gasteiger partial charge is 0.270 e. The van der Waals surface area contributed by atoms with E-state index in [0.717, 1.165) is 57.6 Å². The third kappa shape index (κ3) is 3.13. The molecule has 1 aromatic heterocycles. The van der Waals surface area contributed by atoms with Gasteiger partial charge in [-0.1, -0.05) is 6.07 Å². The summed E-state index contributed by atoms with van der Waals surface area (Å²) in [4.78, 5) is 19.9. The number of pyridine rings is 1. The second-order valence-corrected chi connectivity index (χ2v) is 9.32. The molecule has 6 nitrogen and oxygen atoms in total. The van der Waals surface area contributed by atoms with Crippen molar-refractivity contribution in [1.82, 2.24) is 15.6 Å². The lowest BCUT2D eigenvalue weighted by atomic mass is 9.52. The van der Waals surface area contributed by atoms with Crippen LogP contribution in [-0.2, 0) is 0 Å². The van der Waals surface area contributed by atoms with Crippen molar-refractivity contribution >= 4 is 11.7 Å². The summed E-state index contributed by atoms with van der Waals surface area (Å²) >= 11 is 0. The minimum atomic E-state index is -0.464. The highest BCUT2D eigenvalue weighted by Gasteiger charge is 2.55. The molecule has 27 heavy (non-hydrogen) atoms. The second-order valence-electron chi connectivity index (χ2n) is 9.32. The van der Waals surface area contributed by atoms with Crippen LogP contribution >= 0.6 is 0 Å². The molecule has 1 aliphatic heterocycles. The van der Waals surface area contributed by atoms with Gasteiger partial charge in [0.05, 0.1) is 5.60 Å². The summed E-state index contributed by atoms with van der Waals surface area (Å²) in [5.74, 6) is 2.31. The summed E-state index contributed by atoms with van der Waals surface area (Å²) in [6.45, 7) is 4.97. The lowest BCUT2D eigenvalue weighted by molar-refractivity contribution is -0.136. The topological polar surface area (TPSA) is 77.5 Å². The number of piperazine rings is 1. The van der Waals surface area contributed by atoms with Crippen molar-refractivity contribution in [3.05, 3.63) is 23.9 Å². The number of nitrogens with zero attached hydrogens (tertiary/aromatic N) is 2. The molecular weight excluding hydrogens is 340 g/mol. The minimum Gasteiger partial charge on any atom is -0.390 e. The monoisotopic (exact) mass is 370 g/mol. The van der Waals surface area contributed by atoms with Gasteiger partial charge in [-0.2, -0.15) is 0 Å². The highest BCUT2D eigenvalue weighted by Crippen LogP contribution is 2.55. The molecule has 4 bridgehead atoms. The van der Waals surface area contributed by atoms with E-state index < -0.39 is 5.60 Å². The van der Waals surface area contributed by atoms with Crippen molar-refractivity contribution in [3.63, 3.8) is 0 Å². The predicted octanol–water partition coefficient (Wildman–Crippen LogP) is 1.55. The molecule has 4 saturated carbocycles. The molecule has 3 N–H and O–H groups in total. The van der Waals surface area contributed by atoms with Crippen LogP contribution in [0.4, 0.5) is 5.82 Å². The van der Waals surface area contributed by atoms with Gasteiger partial charge in [-0.3, -0.25) is 4.79 Å².